The molecule has 80 valence electrons. The summed E-state index contributed by atoms with van der Waals surface area (Å²) in [7, 11) is 0. The smallest absolute Gasteiger partial charge is 0.311 e. The molecule has 0 aliphatic carbocycles. The van der Waals surface area contributed by atoms with Gasteiger partial charge in [0.1, 0.15) is 11.5 Å². The lowest BCUT2D eigenvalue weighted by Gasteiger charge is -2.03. The van der Waals surface area contributed by atoms with Gasteiger partial charge in [0.05, 0.1) is 0 Å². The molecule has 0 unspecified atom stereocenters. The minimum atomic E-state index is -0.262. The zero-order valence-electron chi connectivity index (χ0n) is 8.48. The molecule has 0 heterocycles. The topological polar surface area (TPSA) is 46.5 Å². The Labute approximate surface area is 89.0 Å². The molecule has 0 saturated carbocycles. The van der Waals surface area contributed by atoms with Gasteiger partial charge in [-0.1, -0.05) is 6.08 Å². The van der Waals surface area contributed by atoms with Crippen LogP contribution in [0.15, 0.2) is 36.9 Å². The Hall–Kier alpha value is -1.77. The maximum Gasteiger partial charge on any atom is 0.311 e. The molecule has 0 amide bonds. The summed E-state index contributed by atoms with van der Waals surface area (Å²) in [6.07, 6.45) is 3.71. The van der Waals surface area contributed by atoms with E-state index in [1.54, 1.807) is 18.2 Å². The minimum absolute atomic E-state index is 0.154. The van der Waals surface area contributed by atoms with Crippen LogP contribution < -0.4 is 4.74 Å². The molecule has 0 aliphatic heterocycles. The van der Waals surface area contributed by atoms with Crippen molar-refractivity contribution in [3.63, 3.8) is 0 Å². The fraction of sp³-hybridized carbons (Fsp3) is 0.250. The second kappa shape index (κ2) is 5.86. The maximum atomic E-state index is 11.3. The fourth-order valence-electron chi connectivity index (χ4n) is 1.09. The summed E-state index contributed by atoms with van der Waals surface area (Å²) in [6.45, 7) is 3.57. The van der Waals surface area contributed by atoms with Gasteiger partial charge in [-0.05, 0) is 37.1 Å². The summed E-state index contributed by atoms with van der Waals surface area (Å²) in [4.78, 5) is 11.3. The predicted octanol–water partition coefficient (Wildman–Crippen LogP) is 2.65. The van der Waals surface area contributed by atoms with Crippen molar-refractivity contribution in [2.45, 2.75) is 19.3 Å². The van der Waals surface area contributed by atoms with Gasteiger partial charge in [0.15, 0.2) is 0 Å². The van der Waals surface area contributed by atoms with Gasteiger partial charge in [0.25, 0.3) is 0 Å². The number of carbonyl (C=O) groups excluding carboxylic acids is 1. The monoisotopic (exact) mass is 206 g/mol. The van der Waals surface area contributed by atoms with Crippen molar-refractivity contribution in [2.24, 2.45) is 0 Å². The summed E-state index contributed by atoms with van der Waals surface area (Å²) < 4.78 is 5.03. The summed E-state index contributed by atoms with van der Waals surface area (Å²) in [5.74, 6) is 0.348. The van der Waals surface area contributed by atoms with Gasteiger partial charge in [-0.15, -0.1) is 6.58 Å². The van der Waals surface area contributed by atoms with Crippen molar-refractivity contribution in [3.05, 3.63) is 36.9 Å². The standard InChI is InChI=1S/C12H14O3/c1-2-3-4-5-12(14)15-11-8-6-10(13)7-9-11/h2,6-9,13H,1,3-5H2. The molecule has 0 atom stereocenters. The normalized spacial score (nSPS) is 9.60. The van der Waals surface area contributed by atoms with Crippen LogP contribution in [0.1, 0.15) is 19.3 Å². The molecular weight excluding hydrogens is 192 g/mol. The highest BCUT2D eigenvalue weighted by Crippen LogP contribution is 2.16. The Morgan fingerprint density at radius 1 is 1.40 bits per heavy atom. The molecular formula is C12H14O3. The van der Waals surface area contributed by atoms with Crippen LogP contribution in [0.5, 0.6) is 11.5 Å². The molecule has 0 radical (unpaired) electrons. The van der Waals surface area contributed by atoms with E-state index in [4.69, 9.17) is 9.84 Å². The third kappa shape index (κ3) is 4.31. The third-order valence-electron chi connectivity index (χ3n) is 1.86. The van der Waals surface area contributed by atoms with E-state index in [2.05, 4.69) is 6.58 Å². The molecule has 0 fully saturated rings. The first-order valence-electron chi connectivity index (χ1n) is 4.83. The average molecular weight is 206 g/mol. The largest absolute Gasteiger partial charge is 0.508 e. The minimum Gasteiger partial charge on any atom is -0.508 e. The molecule has 0 bridgehead atoms. The summed E-state index contributed by atoms with van der Waals surface area (Å²) in [5.41, 5.74) is 0. The number of esters is 1. The van der Waals surface area contributed by atoms with Gasteiger partial charge in [-0.2, -0.15) is 0 Å². The van der Waals surface area contributed by atoms with E-state index >= 15 is 0 Å². The van der Waals surface area contributed by atoms with Crippen LogP contribution in [0.25, 0.3) is 0 Å². The zero-order valence-corrected chi connectivity index (χ0v) is 8.48. The number of phenols is 1. The van der Waals surface area contributed by atoms with Crippen LogP contribution in [-0.4, -0.2) is 11.1 Å². The Bertz CT molecular complexity index is 327. The number of ether oxygens (including phenoxy) is 1. The van der Waals surface area contributed by atoms with E-state index in [0.29, 0.717) is 12.2 Å². The second-order valence-corrected chi connectivity index (χ2v) is 3.15. The van der Waals surface area contributed by atoms with Gasteiger partial charge < -0.3 is 9.84 Å². The Kier molecular flexibility index (Phi) is 4.41. The Balaban J connectivity index is 2.37. The van der Waals surface area contributed by atoms with Gasteiger partial charge in [0.2, 0.25) is 0 Å². The average Bonchev–Trinajstić information content (AvgIpc) is 2.22. The van der Waals surface area contributed by atoms with Crippen molar-refractivity contribution in [1.82, 2.24) is 0 Å². The first-order valence-corrected chi connectivity index (χ1v) is 4.83. The molecule has 0 aliphatic rings. The number of unbranched alkanes of at least 4 members (excludes halogenated alkanes) is 1. The lowest BCUT2D eigenvalue weighted by molar-refractivity contribution is -0.134. The van der Waals surface area contributed by atoms with Crippen LogP contribution in [-0.2, 0) is 4.79 Å². The Morgan fingerprint density at radius 2 is 2.07 bits per heavy atom. The highest BCUT2D eigenvalue weighted by molar-refractivity contribution is 5.72. The number of allylic oxidation sites excluding steroid dienone is 1. The van der Waals surface area contributed by atoms with Crippen LogP contribution in [0, 0.1) is 0 Å². The number of benzene rings is 1. The number of hydrogen-bond acceptors (Lipinski definition) is 3. The number of hydrogen-bond donors (Lipinski definition) is 1. The number of aromatic hydroxyl groups is 1. The van der Waals surface area contributed by atoms with E-state index in [0.717, 1.165) is 12.8 Å². The fourth-order valence-corrected chi connectivity index (χ4v) is 1.09. The first-order chi connectivity index (χ1) is 7.22. The highest BCUT2D eigenvalue weighted by Gasteiger charge is 2.03. The number of phenolic OH excluding ortho intramolecular Hbond substituents is 1. The summed E-state index contributed by atoms with van der Waals surface area (Å²) in [6, 6.07) is 6.07. The van der Waals surface area contributed by atoms with Crippen molar-refractivity contribution in [1.29, 1.82) is 0 Å². The van der Waals surface area contributed by atoms with Gasteiger partial charge in [-0.25, -0.2) is 0 Å². The quantitative estimate of drug-likeness (QED) is 0.348. The second-order valence-electron chi connectivity index (χ2n) is 3.15. The van der Waals surface area contributed by atoms with Crippen LogP contribution >= 0.6 is 0 Å². The molecule has 3 heteroatoms. The number of rotatable bonds is 5. The van der Waals surface area contributed by atoms with E-state index in [1.807, 2.05) is 0 Å². The number of carbonyl (C=O) groups is 1. The highest BCUT2D eigenvalue weighted by atomic mass is 16.5. The zero-order chi connectivity index (χ0) is 11.1. The van der Waals surface area contributed by atoms with Crippen LogP contribution in [0.3, 0.4) is 0 Å². The molecule has 0 aromatic heterocycles. The molecule has 0 saturated heterocycles. The molecule has 0 spiro atoms. The van der Waals surface area contributed by atoms with Crippen LogP contribution in [0.2, 0.25) is 0 Å². The van der Waals surface area contributed by atoms with E-state index < -0.39 is 0 Å². The molecule has 3 nitrogen and oxygen atoms in total. The van der Waals surface area contributed by atoms with Crippen molar-refractivity contribution in [3.8, 4) is 11.5 Å². The molecule has 15 heavy (non-hydrogen) atoms. The summed E-state index contributed by atoms with van der Waals surface area (Å²) >= 11 is 0. The lowest BCUT2D eigenvalue weighted by Crippen LogP contribution is -2.07. The van der Waals surface area contributed by atoms with Crippen molar-refractivity contribution >= 4 is 5.97 Å². The van der Waals surface area contributed by atoms with Gasteiger partial charge >= 0.3 is 5.97 Å². The lowest BCUT2D eigenvalue weighted by atomic mass is 10.2. The Morgan fingerprint density at radius 3 is 2.67 bits per heavy atom. The third-order valence-corrected chi connectivity index (χ3v) is 1.86. The molecule has 1 aromatic rings. The van der Waals surface area contributed by atoms with Gasteiger partial charge in [-0.3, -0.25) is 4.79 Å². The maximum absolute atomic E-state index is 11.3. The van der Waals surface area contributed by atoms with Crippen molar-refractivity contribution in [2.75, 3.05) is 0 Å². The SMILES string of the molecule is C=CCCCC(=O)Oc1ccc(O)cc1. The predicted molar refractivity (Wildman–Crippen MR) is 57.8 cm³/mol. The first kappa shape index (κ1) is 11.3. The molecule has 1 rings (SSSR count). The van der Waals surface area contributed by atoms with Gasteiger partial charge in [0, 0.05) is 6.42 Å². The van der Waals surface area contributed by atoms with Crippen molar-refractivity contribution < 1.29 is 14.6 Å². The van der Waals surface area contributed by atoms with E-state index in [9.17, 15) is 4.79 Å². The van der Waals surface area contributed by atoms with E-state index in [1.165, 1.54) is 12.1 Å². The molecule has 1 aromatic carbocycles. The molecule has 1 N–H and O–H groups in total. The van der Waals surface area contributed by atoms with Crippen LogP contribution in [0.4, 0.5) is 0 Å². The summed E-state index contributed by atoms with van der Waals surface area (Å²) in [5, 5.41) is 9.01. The van der Waals surface area contributed by atoms with E-state index in [-0.39, 0.29) is 11.7 Å².